The van der Waals surface area contributed by atoms with Crippen LogP contribution < -0.4 is 9.47 Å². The van der Waals surface area contributed by atoms with E-state index in [4.69, 9.17) is 14.2 Å². The number of rotatable bonds is 4. The van der Waals surface area contributed by atoms with Gasteiger partial charge in [0.2, 0.25) is 0 Å². The molecule has 0 spiro atoms. The molecule has 0 N–H and O–H groups in total. The second kappa shape index (κ2) is 5.03. The number of ether oxygens (including phenoxy) is 3. The summed E-state index contributed by atoms with van der Waals surface area (Å²) in [5.41, 5.74) is 0. The Morgan fingerprint density at radius 2 is 2.13 bits per heavy atom. The summed E-state index contributed by atoms with van der Waals surface area (Å²) in [5, 5.41) is 0. The molecule has 0 saturated carbocycles. The van der Waals surface area contributed by atoms with Crippen molar-refractivity contribution >= 4 is 0 Å². The van der Waals surface area contributed by atoms with Crippen molar-refractivity contribution in [1.82, 2.24) is 0 Å². The van der Waals surface area contributed by atoms with Crippen LogP contribution in [0.4, 0.5) is 0 Å². The molecule has 82 valence electrons. The number of para-hydroxylation sites is 2. The van der Waals surface area contributed by atoms with E-state index in [-0.39, 0.29) is 0 Å². The highest BCUT2D eigenvalue weighted by Crippen LogP contribution is 2.26. The number of hydrogen-bond donors (Lipinski definition) is 0. The Morgan fingerprint density at radius 3 is 2.80 bits per heavy atom. The van der Waals surface area contributed by atoms with Gasteiger partial charge in [0.1, 0.15) is 0 Å². The minimum Gasteiger partial charge on any atom is -0.493 e. The van der Waals surface area contributed by atoms with Gasteiger partial charge < -0.3 is 14.2 Å². The molecule has 1 atom stereocenters. The number of benzene rings is 1. The number of methoxy groups -OCH3 is 1. The van der Waals surface area contributed by atoms with Crippen molar-refractivity contribution in [3.8, 4) is 11.5 Å². The normalized spacial score (nSPS) is 20.2. The lowest BCUT2D eigenvalue weighted by Crippen LogP contribution is -2.11. The van der Waals surface area contributed by atoms with Gasteiger partial charge in [-0.2, -0.15) is 0 Å². The second-order valence-corrected chi connectivity index (χ2v) is 3.69. The molecule has 1 fully saturated rings. The monoisotopic (exact) mass is 208 g/mol. The summed E-state index contributed by atoms with van der Waals surface area (Å²) in [6.07, 6.45) is 1.09. The van der Waals surface area contributed by atoms with Gasteiger partial charge in [-0.1, -0.05) is 12.1 Å². The van der Waals surface area contributed by atoms with E-state index in [1.807, 2.05) is 24.3 Å². The molecule has 1 aliphatic heterocycles. The molecule has 3 heteroatoms. The Kier molecular flexibility index (Phi) is 3.45. The molecule has 0 amide bonds. The summed E-state index contributed by atoms with van der Waals surface area (Å²) in [5.74, 6) is 2.12. The van der Waals surface area contributed by atoms with Gasteiger partial charge in [-0.25, -0.2) is 0 Å². The Hall–Kier alpha value is -1.22. The lowest BCUT2D eigenvalue weighted by atomic mass is 10.1. The molecule has 0 bridgehead atoms. The highest BCUT2D eigenvalue weighted by Gasteiger charge is 2.16. The molecule has 3 nitrogen and oxygen atoms in total. The molecule has 15 heavy (non-hydrogen) atoms. The summed E-state index contributed by atoms with van der Waals surface area (Å²) in [6.45, 7) is 2.38. The zero-order valence-corrected chi connectivity index (χ0v) is 8.94. The second-order valence-electron chi connectivity index (χ2n) is 3.69. The predicted molar refractivity (Wildman–Crippen MR) is 57.4 cm³/mol. The molecule has 1 aromatic carbocycles. The van der Waals surface area contributed by atoms with Gasteiger partial charge in [-0.05, 0) is 18.6 Å². The van der Waals surface area contributed by atoms with Gasteiger partial charge in [0.25, 0.3) is 0 Å². The highest BCUT2D eigenvalue weighted by atomic mass is 16.5. The van der Waals surface area contributed by atoms with Crippen molar-refractivity contribution < 1.29 is 14.2 Å². The summed E-state index contributed by atoms with van der Waals surface area (Å²) in [4.78, 5) is 0. The van der Waals surface area contributed by atoms with Crippen molar-refractivity contribution in [3.63, 3.8) is 0 Å². The Labute approximate surface area is 90.0 Å². The first-order valence-corrected chi connectivity index (χ1v) is 5.23. The zero-order chi connectivity index (χ0) is 10.5. The van der Waals surface area contributed by atoms with Crippen LogP contribution in [0.2, 0.25) is 0 Å². The minimum absolute atomic E-state index is 0.523. The first kappa shape index (κ1) is 10.3. The molecule has 0 aromatic heterocycles. The van der Waals surface area contributed by atoms with Gasteiger partial charge >= 0.3 is 0 Å². The molecule has 0 aliphatic carbocycles. The first-order chi connectivity index (χ1) is 7.40. The SMILES string of the molecule is COc1ccccc1OCC1CCOC1. The average molecular weight is 208 g/mol. The van der Waals surface area contributed by atoms with E-state index >= 15 is 0 Å². The van der Waals surface area contributed by atoms with E-state index in [0.29, 0.717) is 12.5 Å². The summed E-state index contributed by atoms with van der Waals surface area (Å²) in [6, 6.07) is 7.71. The molecule has 1 heterocycles. The molecular formula is C12H16O3. The molecule has 2 rings (SSSR count). The fraction of sp³-hybridized carbons (Fsp3) is 0.500. The molecular weight excluding hydrogens is 192 g/mol. The largest absolute Gasteiger partial charge is 0.493 e. The third kappa shape index (κ3) is 2.63. The third-order valence-corrected chi connectivity index (χ3v) is 2.57. The van der Waals surface area contributed by atoms with E-state index in [1.54, 1.807) is 7.11 Å². The molecule has 1 aliphatic rings. The summed E-state index contributed by atoms with van der Waals surface area (Å²) in [7, 11) is 1.65. The fourth-order valence-electron chi connectivity index (χ4n) is 1.66. The van der Waals surface area contributed by atoms with E-state index in [0.717, 1.165) is 31.1 Å². The van der Waals surface area contributed by atoms with Crippen molar-refractivity contribution in [3.05, 3.63) is 24.3 Å². The van der Waals surface area contributed by atoms with E-state index in [1.165, 1.54) is 0 Å². The van der Waals surface area contributed by atoms with Crippen LogP contribution in [0.3, 0.4) is 0 Å². The van der Waals surface area contributed by atoms with E-state index in [9.17, 15) is 0 Å². The van der Waals surface area contributed by atoms with Crippen LogP contribution in [-0.2, 0) is 4.74 Å². The quantitative estimate of drug-likeness (QED) is 0.758. The van der Waals surface area contributed by atoms with Crippen molar-refractivity contribution in [1.29, 1.82) is 0 Å². The zero-order valence-electron chi connectivity index (χ0n) is 8.94. The molecule has 1 aromatic rings. The van der Waals surface area contributed by atoms with Crippen LogP contribution in [0.5, 0.6) is 11.5 Å². The van der Waals surface area contributed by atoms with Gasteiger partial charge in [0.05, 0.1) is 20.3 Å². The Morgan fingerprint density at radius 1 is 1.33 bits per heavy atom. The van der Waals surface area contributed by atoms with Crippen LogP contribution in [0.25, 0.3) is 0 Å². The fourth-order valence-corrected chi connectivity index (χ4v) is 1.66. The third-order valence-electron chi connectivity index (χ3n) is 2.57. The molecule has 0 radical (unpaired) electrons. The van der Waals surface area contributed by atoms with Gasteiger partial charge in [0.15, 0.2) is 11.5 Å². The standard InChI is InChI=1S/C12H16O3/c1-13-11-4-2-3-5-12(11)15-9-10-6-7-14-8-10/h2-5,10H,6-9H2,1H3. The minimum atomic E-state index is 0.523. The maximum atomic E-state index is 5.71. The molecule has 1 saturated heterocycles. The predicted octanol–water partition coefficient (Wildman–Crippen LogP) is 2.11. The van der Waals surface area contributed by atoms with Gasteiger partial charge in [0, 0.05) is 12.5 Å². The van der Waals surface area contributed by atoms with Crippen LogP contribution in [0.1, 0.15) is 6.42 Å². The number of hydrogen-bond acceptors (Lipinski definition) is 3. The Bertz CT molecular complexity index is 305. The van der Waals surface area contributed by atoms with Crippen LogP contribution in [0, 0.1) is 5.92 Å². The highest BCUT2D eigenvalue weighted by molar-refractivity contribution is 5.39. The van der Waals surface area contributed by atoms with Gasteiger partial charge in [-0.15, -0.1) is 0 Å². The summed E-state index contributed by atoms with van der Waals surface area (Å²) >= 11 is 0. The van der Waals surface area contributed by atoms with E-state index in [2.05, 4.69) is 0 Å². The van der Waals surface area contributed by atoms with Crippen LogP contribution in [-0.4, -0.2) is 26.9 Å². The first-order valence-electron chi connectivity index (χ1n) is 5.23. The summed E-state index contributed by atoms with van der Waals surface area (Å²) < 4.78 is 16.2. The van der Waals surface area contributed by atoms with Crippen molar-refractivity contribution in [2.24, 2.45) is 5.92 Å². The molecule has 1 unspecified atom stereocenters. The topological polar surface area (TPSA) is 27.7 Å². The maximum absolute atomic E-state index is 5.71. The van der Waals surface area contributed by atoms with Crippen molar-refractivity contribution in [2.45, 2.75) is 6.42 Å². The van der Waals surface area contributed by atoms with Gasteiger partial charge in [-0.3, -0.25) is 0 Å². The average Bonchev–Trinajstić information content (AvgIpc) is 2.79. The van der Waals surface area contributed by atoms with Crippen LogP contribution >= 0.6 is 0 Å². The van der Waals surface area contributed by atoms with Crippen LogP contribution in [0.15, 0.2) is 24.3 Å². The Balaban J connectivity index is 1.91. The maximum Gasteiger partial charge on any atom is 0.161 e. The van der Waals surface area contributed by atoms with Crippen molar-refractivity contribution in [2.75, 3.05) is 26.9 Å². The lowest BCUT2D eigenvalue weighted by Gasteiger charge is -2.12. The smallest absolute Gasteiger partial charge is 0.161 e. The lowest BCUT2D eigenvalue weighted by molar-refractivity contribution is 0.165. The van der Waals surface area contributed by atoms with E-state index < -0.39 is 0 Å².